The fourth-order valence-electron chi connectivity index (χ4n) is 4.45. The van der Waals surface area contributed by atoms with Crippen molar-refractivity contribution in [3.8, 4) is 17.2 Å². The van der Waals surface area contributed by atoms with E-state index in [2.05, 4.69) is 5.32 Å². The molecule has 0 heterocycles. The third kappa shape index (κ3) is 6.60. The largest absolute Gasteiger partial charge is 0.481 e. The topological polar surface area (TPSA) is 120 Å². The van der Waals surface area contributed by atoms with E-state index < -0.39 is 24.0 Å². The number of nitriles is 1. The highest BCUT2D eigenvalue weighted by molar-refractivity contribution is 5.86. The molecule has 0 radical (unpaired) electrons. The van der Waals surface area contributed by atoms with Crippen LogP contribution in [0.15, 0.2) is 48.5 Å². The minimum absolute atomic E-state index is 0.0699. The number of carbonyl (C=O) groups excluding carboxylic acids is 2. The molecule has 2 aromatic rings. The molecule has 2 aromatic carbocycles. The summed E-state index contributed by atoms with van der Waals surface area (Å²) < 4.78 is 5.55. The predicted molar refractivity (Wildman–Crippen MR) is 131 cm³/mol. The number of alkyl carbamates (subject to hydrolysis) is 1. The molecule has 35 heavy (non-hydrogen) atoms. The van der Waals surface area contributed by atoms with Crippen LogP contribution in [-0.2, 0) is 14.3 Å². The summed E-state index contributed by atoms with van der Waals surface area (Å²) in [6.45, 7) is 4.58. The normalized spacial score (nSPS) is 12.9. The molecule has 8 nitrogen and oxygen atoms in total. The van der Waals surface area contributed by atoms with Crippen molar-refractivity contribution < 1.29 is 24.2 Å². The fourth-order valence-corrected chi connectivity index (χ4v) is 4.45. The quantitative estimate of drug-likeness (QED) is 0.502. The van der Waals surface area contributed by atoms with Crippen LogP contribution in [0, 0.1) is 17.2 Å². The van der Waals surface area contributed by atoms with E-state index in [1.807, 2.05) is 68.4 Å². The molecule has 1 atom stereocenters. The lowest BCUT2D eigenvalue weighted by atomic mass is 9.98. The molecule has 0 fully saturated rings. The van der Waals surface area contributed by atoms with E-state index in [0.717, 1.165) is 22.3 Å². The second-order valence-electron chi connectivity index (χ2n) is 9.04. The molecule has 184 valence electrons. The standard InChI is InChI=1S/C27H31N3O5/c1-18(2)16-30(15-7-14-28)26(33)24(12-13-25(31)32)29-27(34)35-17-23-21-10-5-3-8-19(21)20-9-4-6-11-22(20)23/h3-6,8-11,18,23-24H,7,12-13,15-17H2,1-2H3,(H,29,34)(H,31,32). The van der Waals surface area contributed by atoms with Gasteiger partial charge in [-0.15, -0.1) is 0 Å². The number of aliphatic carboxylic acids is 1. The summed E-state index contributed by atoms with van der Waals surface area (Å²) in [4.78, 5) is 38.6. The summed E-state index contributed by atoms with van der Waals surface area (Å²) in [6.07, 6.45) is -0.983. The molecule has 2 amide bonds. The van der Waals surface area contributed by atoms with Crippen molar-refractivity contribution in [2.24, 2.45) is 5.92 Å². The van der Waals surface area contributed by atoms with Crippen LogP contribution in [0.25, 0.3) is 11.1 Å². The van der Waals surface area contributed by atoms with Crippen LogP contribution in [0.1, 0.15) is 50.2 Å². The van der Waals surface area contributed by atoms with E-state index in [4.69, 9.17) is 15.1 Å². The Morgan fingerprint density at radius 1 is 1.09 bits per heavy atom. The van der Waals surface area contributed by atoms with Crippen LogP contribution < -0.4 is 5.32 Å². The van der Waals surface area contributed by atoms with Gasteiger partial charge in [0.2, 0.25) is 5.91 Å². The van der Waals surface area contributed by atoms with Gasteiger partial charge in [-0.3, -0.25) is 9.59 Å². The van der Waals surface area contributed by atoms with Crippen molar-refractivity contribution in [1.29, 1.82) is 5.26 Å². The SMILES string of the molecule is CC(C)CN(CCC#N)C(=O)C(CCC(=O)O)NC(=O)OCC1c2ccccc2-c2ccccc21. The number of nitrogens with one attached hydrogen (secondary N) is 1. The summed E-state index contributed by atoms with van der Waals surface area (Å²) in [5, 5.41) is 20.6. The van der Waals surface area contributed by atoms with Crippen molar-refractivity contribution in [3.05, 3.63) is 59.7 Å². The molecule has 1 unspecified atom stereocenters. The van der Waals surface area contributed by atoms with Gasteiger partial charge < -0.3 is 20.1 Å². The summed E-state index contributed by atoms with van der Waals surface area (Å²) in [7, 11) is 0. The van der Waals surface area contributed by atoms with Crippen LogP contribution in [0.4, 0.5) is 4.79 Å². The van der Waals surface area contributed by atoms with Gasteiger partial charge in [-0.05, 0) is 34.6 Å². The number of ether oxygens (including phenoxy) is 1. The lowest BCUT2D eigenvalue weighted by Crippen LogP contribution is -2.50. The van der Waals surface area contributed by atoms with Crippen molar-refractivity contribution in [1.82, 2.24) is 10.2 Å². The van der Waals surface area contributed by atoms with E-state index in [1.54, 1.807) is 0 Å². The lowest BCUT2D eigenvalue weighted by Gasteiger charge is -2.28. The number of amides is 2. The molecule has 1 aliphatic carbocycles. The number of hydrogen-bond donors (Lipinski definition) is 2. The zero-order valence-corrected chi connectivity index (χ0v) is 20.1. The molecule has 8 heteroatoms. The Balaban J connectivity index is 1.70. The van der Waals surface area contributed by atoms with Gasteiger partial charge in [-0.2, -0.15) is 5.26 Å². The van der Waals surface area contributed by atoms with E-state index >= 15 is 0 Å². The third-order valence-corrected chi connectivity index (χ3v) is 5.97. The van der Waals surface area contributed by atoms with Crippen LogP contribution in [0.3, 0.4) is 0 Å². The van der Waals surface area contributed by atoms with Gasteiger partial charge >= 0.3 is 12.1 Å². The second kappa shape index (κ2) is 12.0. The number of benzene rings is 2. The zero-order chi connectivity index (χ0) is 25.4. The number of nitrogens with zero attached hydrogens (tertiary/aromatic N) is 2. The van der Waals surface area contributed by atoms with Gasteiger partial charge in [0.15, 0.2) is 0 Å². The lowest BCUT2D eigenvalue weighted by molar-refractivity contribution is -0.138. The van der Waals surface area contributed by atoms with E-state index in [-0.39, 0.29) is 44.2 Å². The average molecular weight is 478 g/mol. The van der Waals surface area contributed by atoms with Crippen LogP contribution in [-0.4, -0.2) is 53.7 Å². The Hall–Kier alpha value is -3.86. The molecule has 2 N–H and O–H groups in total. The summed E-state index contributed by atoms with van der Waals surface area (Å²) in [5.74, 6) is -1.46. The molecule has 1 aliphatic rings. The number of carbonyl (C=O) groups is 3. The fraction of sp³-hybridized carbons (Fsp3) is 0.407. The molecular formula is C27H31N3O5. The van der Waals surface area contributed by atoms with E-state index in [1.165, 1.54) is 4.90 Å². The Morgan fingerprint density at radius 3 is 2.23 bits per heavy atom. The van der Waals surface area contributed by atoms with Gasteiger partial charge in [0.1, 0.15) is 12.6 Å². The minimum atomic E-state index is -1.07. The Morgan fingerprint density at radius 2 is 1.69 bits per heavy atom. The first-order valence-corrected chi connectivity index (χ1v) is 11.8. The van der Waals surface area contributed by atoms with E-state index in [9.17, 15) is 14.4 Å². The van der Waals surface area contributed by atoms with Crippen molar-refractivity contribution in [2.45, 2.75) is 45.1 Å². The number of hydrogen-bond acceptors (Lipinski definition) is 5. The zero-order valence-electron chi connectivity index (χ0n) is 20.1. The van der Waals surface area contributed by atoms with Crippen molar-refractivity contribution in [3.63, 3.8) is 0 Å². The summed E-state index contributed by atoms with van der Waals surface area (Å²) in [5.41, 5.74) is 4.35. The molecule has 0 aliphatic heterocycles. The highest BCUT2D eigenvalue weighted by atomic mass is 16.5. The number of carboxylic acid groups (broad SMARTS) is 1. The smallest absolute Gasteiger partial charge is 0.407 e. The van der Waals surface area contributed by atoms with Crippen LogP contribution >= 0.6 is 0 Å². The van der Waals surface area contributed by atoms with E-state index in [0.29, 0.717) is 6.54 Å². The number of carboxylic acids is 1. The first-order chi connectivity index (χ1) is 16.8. The molecule has 0 saturated carbocycles. The molecule has 0 saturated heterocycles. The average Bonchev–Trinajstić information content (AvgIpc) is 3.16. The van der Waals surface area contributed by atoms with Gasteiger partial charge in [0.05, 0.1) is 12.5 Å². The first kappa shape index (κ1) is 25.8. The predicted octanol–water partition coefficient (Wildman–Crippen LogP) is 4.16. The molecule has 0 aromatic heterocycles. The first-order valence-electron chi connectivity index (χ1n) is 11.8. The van der Waals surface area contributed by atoms with Gasteiger partial charge in [-0.1, -0.05) is 62.4 Å². The maximum atomic E-state index is 13.2. The molecule has 0 spiro atoms. The van der Waals surface area contributed by atoms with Crippen molar-refractivity contribution in [2.75, 3.05) is 19.7 Å². The van der Waals surface area contributed by atoms with Gasteiger partial charge in [0.25, 0.3) is 0 Å². The Kier molecular flexibility index (Phi) is 8.85. The monoisotopic (exact) mass is 477 g/mol. The maximum Gasteiger partial charge on any atom is 0.407 e. The number of rotatable bonds is 11. The van der Waals surface area contributed by atoms with Gasteiger partial charge in [-0.25, -0.2) is 4.79 Å². The van der Waals surface area contributed by atoms with Crippen molar-refractivity contribution >= 4 is 18.0 Å². The Bertz CT molecular complexity index is 1060. The Labute approximate surface area is 205 Å². The second-order valence-corrected chi connectivity index (χ2v) is 9.04. The molecular weight excluding hydrogens is 446 g/mol. The highest BCUT2D eigenvalue weighted by Gasteiger charge is 2.31. The maximum absolute atomic E-state index is 13.2. The summed E-state index contributed by atoms with van der Waals surface area (Å²) >= 11 is 0. The van der Waals surface area contributed by atoms with Crippen LogP contribution in [0.2, 0.25) is 0 Å². The molecule has 3 rings (SSSR count). The minimum Gasteiger partial charge on any atom is -0.481 e. The van der Waals surface area contributed by atoms with Gasteiger partial charge in [0, 0.05) is 25.4 Å². The third-order valence-electron chi connectivity index (χ3n) is 5.97. The summed E-state index contributed by atoms with van der Waals surface area (Å²) in [6, 6.07) is 16.9. The van der Waals surface area contributed by atoms with Crippen LogP contribution in [0.5, 0.6) is 0 Å². The highest BCUT2D eigenvalue weighted by Crippen LogP contribution is 2.44. The number of fused-ring (bicyclic) bond motifs is 3. The molecule has 0 bridgehead atoms.